The topological polar surface area (TPSA) is 43.4 Å². The van der Waals surface area contributed by atoms with E-state index >= 15 is 0 Å². The lowest BCUT2D eigenvalue weighted by Crippen LogP contribution is -2.24. The fraction of sp³-hybridized carbons (Fsp3) is 0.667. The first-order valence-corrected chi connectivity index (χ1v) is 3.55. The molecule has 0 radical (unpaired) electrons. The number of carbonyl (C=O) groups excluding carboxylic acids is 2. The van der Waals surface area contributed by atoms with E-state index in [2.05, 4.69) is 20.7 Å². The number of Topliss-reactive ketones (excluding diaryl/α,β-unsaturated/α-hetero) is 1. The van der Waals surface area contributed by atoms with E-state index in [1.165, 1.54) is 6.92 Å². The molecule has 0 rings (SSSR count). The van der Waals surface area contributed by atoms with Crippen LogP contribution in [0.1, 0.15) is 20.8 Å². The summed E-state index contributed by atoms with van der Waals surface area (Å²) in [7, 11) is 0. The molecule has 0 amide bonds. The lowest BCUT2D eigenvalue weighted by molar-refractivity contribution is -0.157. The van der Waals surface area contributed by atoms with Crippen molar-refractivity contribution >= 4 is 27.7 Å². The van der Waals surface area contributed by atoms with Crippen LogP contribution >= 0.6 is 15.9 Å². The summed E-state index contributed by atoms with van der Waals surface area (Å²) in [5.74, 6) is -1.41. The van der Waals surface area contributed by atoms with Gasteiger partial charge in [0.05, 0.1) is 0 Å². The van der Waals surface area contributed by atoms with Crippen molar-refractivity contribution in [2.75, 3.05) is 0 Å². The third-order valence-corrected chi connectivity index (χ3v) is 0.785. The molecule has 10 heavy (non-hydrogen) atoms. The Morgan fingerprint density at radius 1 is 1.40 bits per heavy atom. The van der Waals surface area contributed by atoms with Crippen LogP contribution in [0.15, 0.2) is 0 Å². The Morgan fingerprint density at radius 3 is 1.90 bits per heavy atom. The predicted molar refractivity (Wildman–Crippen MR) is 39.8 cm³/mol. The van der Waals surface area contributed by atoms with Crippen LogP contribution in [0.4, 0.5) is 0 Å². The smallest absolute Gasteiger partial charge is 0.375 e. The molecule has 0 saturated carbocycles. The normalized spacial score (nSPS) is 10.8. The van der Waals surface area contributed by atoms with Crippen molar-refractivity contribution in [3.8, 4) is 0 Å². The van der Waals surface area contributed by atoms with Crippen molar-refractivity contribution in [1.82, 2.24) is 0 Å². The van der Waals surface area contributed by atoms with Crippen LogP contribution in [0.25, 0.3) is 0 Å². The van der Waals surface area contributed by atoms with E-state index in [0.717, 1.165) is 0 Å². The number of rotatable bonds is 2. The maximum atomic E-state index is 10.6. The van der Waals surface area contributed by atoms with Gasteiger partial charge >= 0.3 is 5.97 Å². The van der Waals surface area contributed by atoms with E-state index < -0.39 is 16.3 Å². The van der Waals surface area contributed by atoms with Crippen LogP contribution in [0.3, 0.4) is 0 Å². The van der Waals surface area contributed by atoms with Crippen LogP contribution in [0.2, 0.25) is 0 Å². The zero-order valence-corrected chi connectivity index (χ0v) is 7.69. The van der Waals surface area contributed by atoms with Crippen molar-refractivity contribution in [3.63, 3.8) is 0 Å². The van der Waals surface area contributed by atoms with Gasteiger partial charge in [0.25, 0.3) is 0 Å². The molecule has 0 aliphatic carbocycles. The summed E-state index contributed by atoms with van der Waals surface area (Å²) in [5.41, 5.74) is 0. The monoisotopic (exact) mass is 208 g/mol. The molecule has 0 aromatic heterocycles. The molecule has 3 nitrogen and oxygen atoms in total. The van der Waals surface area contributed by atoms with Gasteiger partial charge in [-0.2, -0.15) is 0 Å². The molecular formula is C6H9BrO3. The molecule has 0 bridgehead atoms. The first-order chi connectivity index (χ1) is 4.33. The van der Waals surface area contributed by atoms with Crippen LogP contribution in [0.5, 0.6) is 0 Å². The minimum atomic E-state index is -0.818. The molecule has 0 fully saturated rings. The SMILES string of the molecule is CC(=O)C(=O)OC(C)(C)Br. The summed E-state index contributed by atoms with van der Waals surface area (Å²) in [5, 5.41) is 0. The minimum absolute atomic E-state index is 0.590. The fourth-order valence-corrected chi connectivity index (χ4v) is 0.439. The van der Waals surface area contributed by atoms with Crippen molar-refractivity contribution < 1.29 is 14.3 Å². The number of hydrogen-bond acceptors (Lipinski definition) is 3. The molecule has 58 valence electrons. The summed E-state index contributed by atoms with van der Waals surface area (Å²) in [6.07, 6.45) is 0. The first-order valence-electron chi connectivity index (χ1n) is 2.76. The second-order valence-electron chi connectivity index (χ2n) is 2.31. The van der Waals surface area contributed by atoms with Gasteiger partial charge in [0.2, 0.25) is 5.78 Å². The molecule has 0 N–H and O–H groups in total. The van der Waals surface area contributed by atoms with Crippen molar-refractivity contribution in [2.45, 2.75) is 25.3 Å². The Hall–Kier alpha value is -0.380. The number of hydrogen-bond donors (Lipinski definition) is 0. The Labute approximate surface area is 67.9 Å². The van der Waals surface area contributed by atoms with Crippen molar-refractivity contribution in [2.24, 2.45) is 0 Å². The number of ketones is 1. The van der Waals surface area contributed by atoms with Gasteiger partial charge in [0, 0.05) is 6.92 Å². The molecule has 0 spiro atoms. The largest absolute Gasteiger partial charge is 0.442 e. The van der Waals surface area contributed by atoms with Gasteiger partial charge in [-0.25, -0.2) is 4.79 Å². The lowest BCUT2D eigenvalue weighted by atomic mass is 10.4. The molecular weight excluding hydrogens is 200 g/mol. The van der Waals surface area contributed by atoms with Gasteiger partial charge in [-0.05, 0) is 29.8 Å². The quantitative estimate of drug-likeness (QED) is 0.390. The van der Waals surface area contributed by atoms with E-state index in [-0.39, 0.29) is 0 Å². The minimum Gasteiger partial charge on any atom is -0.442 e. The highest BCUT2D eigenvalue weighted by molar-refractivity contribution is 9.10. The summed E-state index contributed by atoms with van der Waals surface area (Å²) < 4.78 is 3.87. The zero-order valence-electron chi connectivity index (χ0n) is 6.10. The average Bonchev–Trinajstić information content (AvgIpc) is 1.60. The molecule has 0 atom stereocenters. The van der Waals surface area contributed by atoms with Gasteiger partial charge in [0.1, 0.15) is 0 Å². The van der Waals surface area contributed by atoms with Gasteiger partial charge in [-0.3, -0.25) is 4.79 Å². The highest BCUT2D eigenvalue weighted by Gasteiger charge is 2.20. The van der Waals surface area contributed by atoms with E-state index in [1.54, 1.807) is 13.8 Å². The number of carbonyl (C=O) groups is 2. The Kier molecular flexibility index (Phi) is 3.02. The van der Waals surface area contributed by atoms with Gasteiger partial charge in [0.15, 0.2) is 4.51 Å². The van der Waals surface area contributed by atoms with Gasteiger partial charge in [-0.1, -0.05) is 0 Å². The van der Waals surface area contributed by atoms with Crippen molar-refractivity contribution in [3.05, 3.63) is 0 Å². The molecule has 0 unspecified atom stereocenters. The Bertz CT molecular complexity index is 157. The highest BCUT2D eigenvalue weighted by Crippen LogP contribution is 2.17. The van der Waals surface area contributed by atoms with Gasteiger partial charge in [-0.15, -0.1) is 0 Å². The second kappa shape index (κ2) is 3.14. The van der Waals surface area contributed by atoms with Crippen LogP contribution in [-0.2, 0) is 14.3 Å². The summed E-state index contributed by atoms with van der Waals surface area (Å²) >= 11 is 3.05. The number of halogens is 1. The molecule has 0 aliphatic heterocycles. The molecule has 0 aromatic carbocycles. The maximum absolute atomic E-state index is 10.6. The maximum Gasteiger partial charge on any atom is 0.375 e. The number of ether oxygens (including phenoxy) is 1. The molecule has 0 aliphatic rings. The number of esters is 1. The molecule has 4 heteroatoms. The van der Waals surface area contributed by atoms with E-state index in [4.69, 9.17) is 0 Å². The number of alkyl halides is 1. The fourth-order valence-electron chi connectivity index (χ4n) is 0.292. The standard InChI is InChI=1S/C6H9BrO3/c1-4(8)5(9)10-6(2,3)7/h1-3H3. The Morgan fingerprint density at radius 2 is 1.80 bits per heavy atom. The van der Waals surface area contributed by atoms with Gasteiger partial charge < -0.3 is 4.74 Å². The summed E-state index contributed by atoms with van der Waals surface area (Å²) in [4.78, 5) is 20.9. The average molecular weight is 209 g/mol. The zero-order chi connectivity index (χ0) is 8.36. The third-order valence-electron chi connectivity index (χ3n) is 0.623. The van der Waals surface area contributed by atoms with Crippen LogP contribution in [0, 0.1) is 0 Å². The van der Waals surface area contributed by atoms with Crippen molar-refractivity contribution in [1.29, 1.82) is 0 Å². The van der Waals surface area contributed by atoms with E-state index in [0.29, 0.717) is 0 Å². The first kappa shape index (κ1) is 9.62. The lowest BCUT2D eigenvalue weighted by Gasteiger charge is -2.15. The van der Waals surface area contributed by atoms with Crippen LogP contribution < -0.4 is 0 Å². The molecule has 0 saturated heterocycles. The third kappa shape index (κ3) is 4.49. The second-order valence-corrected chi connectivity index (χ2v) is 4.22. The summed E-state index contributed by atoms with van der Waals surface area (Å²) in [6, 6.07) is 0. The Balaban J connectivity index is 3.93. The summed E-state index contributed by atoms with van der Waals surface area (Å²) in [6.45, 7) is 4.43. The van der Waals surface area contributed by atoms with E-state index in [9.17, 15) is 9.59 Å². The molecule has 0 heterocycles. The predicted octanol–water partition coefficient (Wildman–Crippen LogP) is 1.25. The highest BCUT2D eigenvalue weighted by atomic mass is 79.9. The van der Waals surface area contributed by atoms with Crippen LogP contribution in [-0.4, -0.2) is 16.3 Å². The van der Waals surface area contributed by atoms with E-state index in [1.807, 2.05) is 0 Å². The molecule has 0 aromatic rings.